The van der Waals surface area contributed by atoms with Crippen LogP contribution >= 0.6 is 47.2 Å². The summed E-state index contributed by atoms with van der Waals surface area (Å²) in [6.45, 7) is 4.18. The normalized spacial score (nSPS) is 14.7. The molecule has 0 saturated carbocycles. The number of ether oxygens (including phenoxy) is 1. The minimum Gasteiger partial charge on any atom is -0.437 e. The maximum absolute atomic E-state index is 13.6. The van der Waals surface area contributed by atoms with Crippen molar-refractivity contribution in [2.45, 2.75) is 20.4 Å². The number of amides is 1. The molecule has 0 atom stereocenters. The molecule has 3 heterocycles. The summed E-state index contributed by atoms with van der Waals surface area (Å²) in [5, 5.41) is 0.701. The molecule has 1 fully saturated rings. The lowest BCUT2D eigenvalue weighted by atomic mass is 10.1. The molecule has 2 aromatic heterocycles. The Kier molecular flexibility index (Phi) is 7.09. The van der Waals surface area contributed by atoms with E-state index in [1.54, 1.807) is 24.4 Å². The molecule has 10 heteroatoms. The van der Waals surface area contributed by atoms with Gasteiger partial charge in [-0.1, -0.05) is 83.1 Å². The second-order valence-corrected chi connectivity index (χ2v) is 11.0. The first kappa shape index (κ1) is 25.5. The van der Waals surface area contributed by atoms with Gasteiger partial charge in [-0.25, -0.2) is 0 Å². The minimum atomic E-state index is -0.391. The van der Waals surface area contributed by atoms with Crippen LogP contribution < -0.4 is 10.3 Å². The summed E-state index contributed by atoms with van der Waals surface area (Å²) in [4.78, 5) is 33.3. The van der Waals surface area contributed by atoms with Gasteiger partial charge in [-0.05, 0) is 55.3 Å². The molecule has 0 spiro atoms. The fourth-order valence-electron chi connectivity index (χ4n) is 3.80. The predicted octanol–water partition coefficient (Wildman–Crippen LogP) is 6.81. The SMILES string of the molecule is Cc1ccc(CN2C(=O)/C(=C\c3c(Oc4ccc(Cl)cc4Cl)nc4c(C)cccn4c3=O)SC2=S)cc1. The third-order valence-corrected chi connectivity index (χ3v) is 7.67. The van der Waals surface area contributed by atoms with E-state index < -0.39 is 5.56 Å². The number of pyridine rings is 1. The number of halogens is 2. The van der Waals surface area contributed by atoms with Crippen molar-refractivity contribution in [3.63, 3.8) is 0 Å². The lowest BCUT2D eigenvalue weighted by Crippen LogP contribution is -2.27. The van der Waals surface area contributed by atoms with Crippen LogP contribution in [0.1, 0.15) is 22.3 Å². The van der Waals surface area contributed by atoms with E-state index in [1.165, 1.54) is 21.4 Å². The molecule has 1 amide bonds. The molecule has 6 nitrogen and oxygen atoms in total. The second kappa shape index (κ2) is 10.3. The van der Waals surface area contributed by atoms with Gasteiger partial charge in [0, 0.05) is 11.2 Å². The first-order valence-corrected chi connectivity index (χ1v) is 13.1. The summed E-state index contributed by atoms with van der Waals surface area (Å²) in [7, 11) is 0. The molecule has 4 aromatic rings. The molecule has 0 bridgehead atoms. The number of carbonyl (C=O) groups excluding carboxylic acids is 1. The van der Waals surface area contributed by atoms with Crippen LogP contribution in [0.15, 0.2) is 70.5 Å². The van der Waals surface area contributed by atoms with Crippen molar-refractivity contribution < 1.29 is 9.53 Å². The number of nitrogens with zero attached hydrogens (tertiary/aromatic N) is 3. The molecule has 1 aliphatic heterocycles. The van der Waals surface area contributed by atoms with Gasteiger partial charge in [-0.3, -0.25) is 18.9 Å². The zero-order valence-electron chi connectivity index (χ0n) is 19.7. The van der Waals surface area contributed by atoms with E-state index in [0.717, 1.165) is 28.5 Å². The lowest BCUT2D eigenvalue weighted by molar-refractivity contribution is -0.122. The number of hydrogen-bond donors (Lipinski definition) is 0. The van der Waals surface area contributed by atoms with Crippen LogP contribution in [0.3, 0.4) is 0 Å². The van der Waals surface area contributed by atoms with Crippen molar-refractivity contribution in [2.24, 2.45) is 0 Å². The average Bonchev–Trinajstić information content (AvgIpc) is 3.12. The molecular formula is C27H19Cl2N3O3S2. The third kappa shape index (κ3) is 5.15. The Morgan fingerprint density at radius 2 is 1.84 bits per heavy atom. The molecule has 2 aromatic carbocycles. The highest BCUT2D eigenvalue weighted by Crippen LogP contribution is 2.36. The molecule has 186 valence electrons. The fourth-order valence-corrected chi connectivity index (χ4v) is 5.48. The third-order valence-electron chi connectivity index (χ3n) is 5.76. The van der Waals surface area contributed by atoms with Gasteiger partial charge in [-0.15, -0.1) is 0 Å². The van der Waals surface area contributed by atoms with Crippen LogP contribution in [0.25, 0.3) is 11.7 Å². The van der Waals surface area contributed by atoms with Crippen LogP contribution in [-0.2, 0) is 11.3 Å². The van der Waals surface area contributed by atoms with Gasteiger partial charge in [0.25, 0.3) is 11.5 Å². The van der Waals surface area contributed by atoms with Crippen LogP contribution in [-0.4, -0.2) is 24.5 Å². The van der Waals surface area contributed by atoms with Crippen LogP contribution in [0.2, 0.25) is 10.0 Å². The molecule has 5 rings (SSSR count). The Hall–Kier alpha value is -3.17. The average molecular weight is 569 g/mol. The fraction of sp³-hybridized carbons (Fsp3) is 0.111. The van der Waals surface area contributed by atoms with E-state index in [0.29, 0.717) is 26.4 Å². The highest BCUT2D eigenvalue weighted by atomic mass is 35.5. The first-order chi connectivity index (χ1) is 17.7. The molecule has 0 aliphatic carbocycles. The van der Waals surface area contributed by atoms with Crippen molar-refractivity contribution in [1.82, 2.24) is 14.3 Å². The van der Waals surface area contributed by atoms with Gasteiger partial charge in [0.1, 0.15) is 21.3 Å². The largest absolute Gasteiger partial charge is 0.437 e. The second-order valence-electron chi connectivity index (χ2n) is 8.45. The van der Waals surface area contributed by atoms with E-state index in [1.807, 2.05) is 44.2 Å². The highest BCUT2D eigenvalue weighted by Gasteiger charge is 2.33. The highest BCUT2D eigenvalue weighted by molar-refractivity contribution is 8.26. The number of thioether (sulfide) groups is 1. The van der Waals surface area contributed by atoms with Gasteiger partial charge >= 0.3 is 0 Å². The van der Waals surface area contributed by atoms with Gasteiger partial charge in [-0.2, -0.15) is 4.98 Å². The van der Waals surface area contributed by atoms with E-state index in [4.69, 9.17) is 40.2 Å². The lowest BCUT2D eigenvalue weighted by Gasteiger charge is -2.14. The van der Waals surface area contributed by atoms with Crippen molar-refractivity contribution in [3.05, 3.63) is 108 Å². The molecule has 37 heavy (non-hydrogen) atoms. The molecule has 1 saturated heterocycles. The van der Waals surface area contributed by atoms with Gasteiger partial charge in [0.2, 0.25) is 5.88 Å². The minimum absolute atomic E-state index is 0.0207. The van der Waals surface area contributed by atoms with E-state index >= 15 is 0 Å². The van der Waals surface area contributed by atoms with Crippen molar-refractivity contribution in [2.75, 3.05) is 0 Å². The quantitative estimate of drug-likeness (QED) is 0.195. The zero-order valence-corrected chi connectivity index (χ0v) is 22.8. The molecule has 0 N–H and O–H groups in total. The van der Waals surface area contributed by atoms with Crippen LogP contribution in [0.5, 0.6) is 11.6 Å². The standard InChI is InChI=1S/C27H19Cl2N3O3S2/c1-15-5-7-17(8-6-15)14-32-26(34)22(37-27(32)36)13-19-24(35-21-10-9-18(28)12-20(21)29)30-23-16(2)4-3-11-31(23)25(19)33/h3-13H,14H2,1-2H3/b22-13+. The number of carbonyl (C=O) groups is 1. The van der Waals surface area contributed by atoms with E-state index in [2.05, 4.69) is 4.98 Å². The van der Waals surface area contributed by atoms with Crippen molar-refractivity contribution in [1.29, 1.82) is 0 Å². The van der Waals surface area contributed by atoms with Gasteiger partial charge < -0.3 is 4.74 Å². The monoisotopic (exact) mass is 567 g/mol. The van der Waals surface area contributed by atoms with Gasteiger partial charge in [0.15, 0.2) is 0 Å². The number of hydrogen-bond acceptors (Lipinski definition) is 6. The molecule has 1 aliphatic rings. The molecule has 0 unspecified atom stereocenters. The molecular weight excluding hydrogens is 549 g/mol. The number of aromatic nitrogens is 2. The summed E-state index contributed by atoms with van der Waals surface area (Å²) in [5.41, 5.74) is 3.00. The van der Waals surface area contributed by atoms with Gasteiger partial charge in [0.05, 0.1) is 16.5 Å². The van der Waals surface area contributed by atoms with E-state index in [-0.39, 0.29) is 28.1 Å². The maximum atomic E-state index is 13.6. The smallest absolute Gasteiger partial charge is 0.269 e. The Labute approximate surface area is 232 Å². The summed E-state index contributed by atoms with van der Waals surface area (Å²) >= 11 is 19.0. The summed E-state index contributed by atoms with van der Waals surface area (Å²) in [6, 6.07) is 16.2. The Balaban J connectivity index is 1.59. The van der Waals surface area contributed by atoms with Crippen molar-refractivity contribution in [3.8, 4) is 11.6 Å². The zero-order chi connectivity index (χ0) is 26.3. The number of fused-ring (bicyclic) bond motifs is 1. The first-order valence-electron chi connectivity index (χ1n) is 11.2. The van der Waals surface area contributed by atoms with Crippen LogP contribution in [0.4, 0.5) is 0 Å². The Morgan fingerprint density at radius 1 is 1.08 bits per heavy atom. The van der Waals surface area contributed by atoms with E-state index in [9.17, 15) is 9.59 Å². The number of thiocarbonyl (C=S) groups is 1. The topological polar surface area (TPSA) is 63.9 Å². The van der Waals surface area contributed by atoms with Crippen LogP contribution in [0, 0.1) is 13.8 Å². The summed E-state index contributed by atoms with van der Waals surface area (Å²) < 4.78 is 7.85. The molecule has 0 radical (unpaired) electrons. The number of benzene rings is 2. The Morgan fingerprint density at radius 3 is 2.57 bits per heavy atom. The summed E-state index contributed by atoms with van der Waals surface area (Å²) in [6.07, 6.45) is 3.11. The maximum Gasteiger partial charge on any atom is 0.269 e. The number of aryl methyl sites for hydroxylation is 2. The predicted molar refractivity (Wildman–Crippen MR) is 153 cm³/mol. The summed E-state index contributed by atoms with van der Waals surface area (Å²) in [5.74, 6) is 0.00425. The van der Waals surface area contributed by atoms with Crippen molar-refractivity contribution >= 4 is 69.1 Å². The number of rotatable bonds is 5. The Bertz CT molecular complexity index is 1670.